The van der Waals surface area contributed by atoms with Gasteiger partial charge in [0.2, 0.25) is 0 Å². The molecule has 0 amide bonds. The van der Waals surface area contributed by atoms with Crippen LogP contribution in [-0.2, 0) is 0 Å². The Morgan fingerprint density at radius 1 is 0.611 bits per heavy atom. The van der Waals surface area contributed by atoms with Crippen molar-refractivity contribution >= 4 is 79.2 Å². The third-order valence-corrected chi connectivity index (χ3v) is 8.37. The molecule has 4 nitrogen and oxygen atoms in total. The maximum absolute atomic E-state index is 10.1. The lowest BCUT2D eigenvalue weighted by molar-refractivity contribution is 0.474. The molecule has 0 saturated carbocycles. The molecule has 0 spiro atoms. The molecule has 0 aliphatic rings. The minimum Gasteiger partial charge on any atom is -0.507 e. The van der Waals surface area contributed by atoms with Crippen LogP contribution in [0.25, 0.3) is 0 Å². The summed E-state index contributed by atoms with van der Waals surface area (Å²) < 4.78 is 1.78. The van der Waals surface area contributed by atoms with E-state index in [4.69, 9.17) is 0 Å². The van der Waals surface area contributed by atoms with E-state index in [9.17, 15) is 10.2 Å². The summed E-state index contributed by atoms with van der Waals surface area (Å²) in [6, 6.07) is 26.6. The number of phenolic OH excluding ortho intramolecular Hbond substituents is 2. The van der Waals surface area contributed by atoms with E-state index < -0.39 is 0 Å². The summed E-state index contributed by atoms with van der Waals surface area (Å²) in [6.07, 6.45) is 3.37. The smallest absolute Gasteiger partial charge is 0.124 e. The van der Waals surface area contributed by atoms with Gasteiger partial charge in [0.15, 0.2) is 0 Å². The van der Waals surface area contributed by atoms with Gasteiger partial charge in [0.05, 0.1) is 11.4 Å². The summed E-state index contributed by atoms with van der Waals surface area (Å²) in [6.45, 7) is 0. The number of hydrogen-bond acceptors (Lipinski definition) is 6. The van der Waals surface area contributed by atoms with Crippen molar-refractivity contribution < 1.29 is 10.2 Å². The van der Waals surface area contributed by atoms with E-state index in [-0.39, 0.29) is 11.5 Å². The van der Waals surface area contributed by atoms with Crippen LogP contribution in [0.15, 0.2) is 114 Å². The largest absolute Gasteiger partial charge is 0.507 e. The number of phenols is 2. The molecular formula is C28H22Br2N2O2S2. The summed E-state index contributed by atoms with van der Waals surface area (Å²) in [7, 11) is 0. The molecule has 0 heterocycles. The van der Waals surface area contributed by atoms with Crippen molar-refractivity contribution in [3.63, 3.8) is 0 Å². The van der Waals surface area contributed by atoms with E-state index in [1.54, 1.807) is 60.2 Å². The van der Waals surface area contributed by atoms with Gasteiger partial charge in [0.25, 0.3) is 0 Å². The monoisotopic (exact) mass is 640 g/mol. The van der Waals surface area contributed by atoms with E-state index >= 15 is 0 Å². The maximum Gasteiger partial charge on any atom is 0.124 e. The van der Waals surface area contributed by atoms with E-state index in [0.717, 1.165) is 41.6 Å². The molecule has 4 rings (SSSR count). The van der Waals surface area contributed by atoms with Crippen LogP contribution in [0.1, 0.15) is 11.1 Å². The van der Waals surface area contributed by atoms with Crippen LogP contribution in [0.3, 0.4) is 0 Å². The van der Waals surface area contributed by atoms with Crippen LogP contribution in [-0.4, -0.2) is 34.1 Å². The summed E-state index contributed by atoms with van der Waals surface area (Å²) in [4.78, 5) is 11.4. The molecule has 0 aliphatic heterocycles. The van der Waals surface area contributed by atoms with Gasteiger partial charge in [-0.3, -0.25) is 9.98 Å². The predicted molar refractivity (Wildman–Crippen MR) is 160 cm³/mol. The Kier molecular flexibility index (Phi) is 9.69. The molecule has 0 aromatic heterocycles. The van der Waals surface area contributed by atoms with Crippen LogP contribution in [0, 0.1) is 0 Å². The van der Waals surface area contributed by atoms with Crippen LogP contribution in [0.2, 0.25) is 0 Å². The highest BCUT2D eigenvalue weighted by Gasteiger charge is 2.06. The van der Waals surface area contributed by atoms with Crippen LogP contribution < -0.4 is 0 Å². The molecule has 0 bridgehead atoms. The first-order chi connectivity index (χ1) is 17.5. The lowest BCUT2D eigenvalue weighted by Crippen LogP contribution is -1.87. The average Bonchev–Trinajstić information content (AvgIpc) is 2.89. The first kappa shape index (κ1) is 26.5. The van der Waals surface area contributed by atoms with E-state index in [0.29, 0.717) is 11.1 Å². The number of rotatable bonds is 9. The molecule has 4 aromatic carbocycles. The van der Waals surface area contributed by atoms with Crippen molar-refractivity contribution in [2.24, 2.45) is 9.98 Å². The fourth-order valence-corrected chi connectivity index (χ4v) is 5.96. The average molecular weight is 642 g/mol. The number of thioether (sulfide) groups is 2. The highest BCUT2D eigenvalue weighted by atomic mass is 79.9. The predicted octanol–water partition coefficient (Wildman–Crippen LogP) is 9.01. The lowest BCUT2D eigenvalue weighted by Gasteiger charge is -2.07. The number of benzene rings is 4. The van der Waals surface area contributed by atoms with Gasteiger partial charge < -0.3 is 10.2 Å². The van der Waals surface area contributed by atoms with E-state index in [2.05, 4.69) is 54.0 Å². The van der Waals surface area contributed by atoms with Crippen molar-refractivity contribution in [2.75, 3.05) is 11.5 Å². The zero-order valence-electron chi connectivity index (χ0n) is 19.0. The van der Waals surface area contributed by atoms with Gasteiger partial charge in [-0.15, -0.1) is 23.5 Å². The van der Waals surface area contributed by atoms with Crippen molar-refractivity contribution in [1.29, 1.82) is 0 Å². The fraction of sp³-hybridized carbons (Fsp3) is 0.0714. The number of nitrogens with zero attached hydrogens (tertiary/aromatic N) is 2. The second-order valence-electron chi connectivity index (χ2n) is 7.56. The minimum absolute atomic E-state index is 0.194. The zero-order chi connectivity index (χ0) is 25.3. The highest BCUT2D eigenvalue weighted by molar-refractivity contribution is 9.10. The van der Waals surface area contributed by atoms with Gasteiger partial charge in [-0.05, 0) is 60.7 Å². The molecule has 0 aliphatic carbocycles. The lowest BCUT2D eigenvalue weighted by atomic mass is 10.2. The van der Waals surface area contributed by atoms with Crippen LogP contribution in [0.4, 0.5) is 11.4 Å². The number of halogens is 2. The molecule has 0 atom stereocenters. The summed E-state index contributed by atoms with van der Waals surface area (Å²) >= 11 is 10.4. The first-order valence-electron chi connectivity index (χ1n) is 11.0. The molecule has 2 N–H and O–H groups in total. The van der Waals surface area contributed by atoms with Gasteiger partial charge in [-0.25, -0.2) is 0 Å². The van der Waals surface area contributed by atoms with Gasteiger partial charge in [0, 0.05) is 53.8 Å². The molecule has 0 saturated heterocycles. The second kappa shape index (κ2) is 13.1. The molecule has 0 fully saturated rings. The Hall–Kier alpha value is -2.52. The highest BCUT2D eigenvalue weighted by Crippen LogP contribution is 2.34. The van der Waals surface area contributed by atoms with Gasteiger partial charge >= 0.3 is 0 Å². The van der Waals surface area contributed by atoms with E-state index in [1.165, 1.54) is 0 Å². The number of aromatic hydroxyl groups is 2. The molecule has 36 heavy (non-hydrogen) atoms. The number of para-hydroxylation sites is 2. The molecule has 8 heteroatoms. The zero-order valence-corrected chi connectivity index (χ0v) is 23.8. The van der Waals surface area contributed by atoms with Crippen molar-refractivity contribution in [3.05, 3.63) is 105 Å². The second-order valence-corrected chi connectivity index (χ2v) is 11.7. The summed E-state index contributed by atoms with van der Waals surface area (Å²) in [5.74, 6) is 2.17. The molecule has 0 radical (unpaired) electrons. The van der Waals surface area contributed by atoms with Crippen molar-refractivity contribution in [1.82, 2.24) is 0 Å². The third-order valence-electron chi connectivity index (χ3n) is 4.99. The summed E-state index contributed by atoms with van der Waals surface area (Å²) in [5.41, 5.74) is 3.05. The third kappa shape index (κ3) is 7.49. The topological polar surface area (TPSA) is 65.2 Å². The summed E-state index contributed by atoms with van der Waals surface area (Å²) in [5, 5.41) is 20.1. The molecule has 182 valence electrons. The van der Waals surface area contributed by atoms with Gasteiger partial charge in [-0.2, -0.15) is 0 Å². The first-order valence-corrected chi connectivity index (χ1v) is 14.5. The fourth-order valence-electron chi connectivity index (χ4n) is 3.21. The maximum atomic E-state index is 10.1. The normalized spacial score (nSPS) is 11.5. The van der Waals surface area contributed by atoms with E-state index in [1.807, 2.05) is 48.5 Å². The molecule has 4 aromatic rings. The Bertz CT molecular complexity index is 1300. The van der Waals surface area contributed by atoms with Crippen LogP contribution in [0.5, 0.6) is 11.5 Å². The quantitative estimate of drug-likeness (QED) is 0.109. The molecular weight excluding hydrogens is 620 g/mol. The Balaban J connectivity index is 1.38. The van der Waals surface area contributed by atoms with Crippen molar-refractivity contribution in [2.45, 2.75) is 9.79 Å². The Morgan fingerprint density at radius 2 is 1.03 bits per heavy atom. The standard InChI is InChI=1S/C28H22Br2N2O2S2/c29-21-9-11-25(33)19(15-21)17-31-23-5-1-3-7-27(23)35-13-14-36-28-8-4-2-6-24(28)32-18-20-16-22(30)10-12-26(20)34/h1-12,15-18,33-34H,13-14H2. The number of hydrogen-bond donors (Lipinski definition) is 2. The molecule has 0 unspecified atom stereocenters. The Labute approximate surface area is 235 Å². The van der Waals surface area contributed by atoms with Gasteiger partial charge in [0.1, 0.15) is 11.5 Å². The van der Waals surface area contributed by atoms with Crippen LogP contribution >= 0.6 is 55.4 Å². The van der Waals surface area contributed by atoms with Crippen molar-refractivity contribution in [3.8, 4) is 11.5 Å². The van der Waals surface area contributed by atoms with Gasteiger partial charge in [-0.1, -0.05) is 56.1 Å². The number of aliphatic imine (C=N–C) groups is 2. The minimum atomic E-state index is 0.194. The SMILES string of the molecule is Oc1ccc(Br)cc1C=Nc1ccccc1SCCSc1ccccc1N=Cc1cc(Br)ccc1O. The Morgan fingerprint density at radius 3 is 1.47 bits per heavy atom.